The first-order valence-electron chi connectivity index (χ1n) is 9.69. The van der Waals surface area contributed by atoms with Gasteiger partial charge in [0.25, 0.3) is 0 Å². The van der Waals surface area contributed by atoms with Gasteiger partial charge in [0.2, 0.25) is 0 Å². The van der Waals surface area contributed by atoms with Crippen LogP contribution in [0.1, 0.15) is 31.9 Å². The summed E-state index contributed by atoms with van der Waals surface area (Å²) in [6.07, 6.45) is -2.05. The molecule has 0 unspecified atom stereocenters. The highest BCUT2D eigenvalue weighted by Crippen LogP contribution is 2.17. The summed E-state index contributed by atoms with van der Waals surface area (Å²) >= 11 is 0. The topological polar surface area (TPSA) is 94.1 Å². The fourth-order valence-electron chi connectivity index (χ4n) is 2.70. The third-order valence-corrected chi connectivity index (χ3v) is 4.15. The van der Waals surface area contributed by atoms with Crippen molar-refractivity contribution in [3.05, 3.63) is 65.7 Å². The number of benzene rings is 2. The van der Waals surface area contributed by atoms with Gasteiger partial charge in [-0.2, -0.15) is 0 Å². The van der Waals surface area contributed by atoms with Crippen molar-refractivity contribution in [2.24, 2.45) is 0 Å². The molecule has 2 aromatic rings. The number of aliphatic hydroxyl groups is 1. The second kappa shape index (κ2) is 10.6. The zero-order valence-electron chi connectivity index (χ0n) is 17.8. The summed E-state index contributed by atoms with van der Waals surface area (Å²) in [6, 6.07) is 16.1. The van der Waals surface area contributed by atoms with Crippen LogP contribution >= 0.6 is 0 Å². The summed E-state index contributed by atoms with van der Waals surface area (Å²) < 4.78 is 15.6. The first-order chi connectivity index (χ1) is 14.2. The molecule has 0 bridgehead atoms. The van der Waals surface area contributed by atoms with E-state index in [0.29, 0.717) is 12.4 Å². The number of rotatable bonds is 8. The molecule has 30 heavy (non-hydrogen) atoms. The number of carbonyl (C=O) groups is 2. The smallest absolute Gasteiger partial charge is 0.407 e. The van der Waals surface area contributed by atoms with Gasteiger partial charge in [0.05, 0.1) is 13.2 Å². The Morgan fingerprint density at radius 3 is 2.20 bits per heavy atom. The standard InChI is InChI=1S/C23H29NO6/c1-23(2,3)30-22(27)24-19(20(25)21(26)28-4)14-16-10-12-18(13-11-16)29-15-17-8-6-5-7-9-17/h5-13,19-20,25H,14-15H2,1-4H3,(H,24,27)/t19-,20+/m0/s1. The SMILES string of the molecule is COC(=O)[C@H](O)[C@H](Cc1ccc(OCc2ccccc2)cc1)NC(=O)OC(C)(C)C. The van der Waals surface area contributed by atoms with Crippen LogP contribution < -0.4 is 10.1 Å². The molecule has 0 saturated heterocycles. The van der Waals surface area contributed by atoms with E-state index in [2.05, 4.69) is 10.1 Å². The van der Waals surface area contributed by atoms with E-state index in [9.17, 15) is 14.7 Å². The van der Waals surface area contributed by atoms with Crippen molar-refractivity contribution in [1.82, 2.24) is 5.32 Å². The van der Waals surface area contributed by atoms with Crippen LogP contribution in [0.25, 0.3) is 0 Å². The maximum absolute atomic E-state index is 12.1. The first kappa shape index (κ1) is 23.2. The minimum absolute atomic E-state index is 0.203. The molecule has 0 spiro atoms. The highest BCUT2D eigenvalue weighted by Gasteiger charge is 2.30. The number of methoxy groups -OCH3 is 1. The van der Waals surface area contributed by atoms with Crippen molar-refractivity contribution in [3.63, 3.8) is 0 Å². The van der Waals surface area contributed by atoms with Gasteiger partial charge in [-0.15, -0.1) is 0 Å². The predicted octanol–water partition coefficient (Wildman–Crippen LogP) is 3.24. The van der Waals surface area contributed by atoms with Gasteiger partial charge < -0.3 is 24.6 Å². The molecule has 0 aliphatic heterocycles. The number of alkyl carbamates (subject to hydrolysis) is 1. The molecule has 0 radical (unpaired) electrons. The maximum atomic E-state index is 12.1. The summed E-state index contributed by atoms with van der Waals surface area (Å²) in [5.74, 6) is -0.147. The Morgan fingerprint density at radius 1 is 1.00 bits per heavy atom. The van der Waals surface area contributed by atoms with Crippen LogP contribution in [0.15, 0.2) is 54.6 Å². The van der Waals surface area contributed by atoms with Gasteiger partial charge in [-0.3, -0.25) is 0 Å². The Kier molecular flexibility index (Phi) is 8.24. The number of amides is 1. The molecule has 7 nitrogen and oxygen atoms in total. The second-order valence-electron chi connectivity index (χ2n) is 7.84. The predicted molar refractivity (Wildman–Crippen MR) is 112 cm³/mol. The Hall–Kier alpha value is -3.06. The van der Waals surface area contributed by atoms with Crippen molar-refractivity contribution < 1.29 is 28.9 Å². The molecule has 2 atom stereocenters. The van der Waals surface area contributed by atoms with Gasteiger partial charge in [-0.25, -0.2) is 9.59 Å². The zero-order valence-corrected chi connectivity index (χ0v) is 17.8. The van der Waals surface area contributed by atoms with Gasteiger partial charge in [-0.05, 0) is 50.5 Å². The molecule has 0 heterocycles. The molecule has 7 heteroatoms. The minimum Gasteiger partial charge on any atom is -0.489 e. The molecule has 2 N–H and O–H groups in total. The van der Waals surface area contributed by atoms with Crippen LogP contribution in [0.5, 0.6) is 5.75 Å². The molecular formula is C23H29NO6. The fourth-order valence-corrected chi connectivity index (χ4v) is 2.70. The summed E-state index contributed by atoms with van der Waals surface area (Å²) in [5, 5.41) is 12.8. The van der Waals surface area contributed by atoms with Crippen molar-refractivity contribution in [2.45, 2.75) is 51.5 Å². The number of carbonyl (C=O) groups excluding carboxylic acids is 2. The van der Waals surface area contributed by atoms with Crippen molar-refractivity contribution in [2.75, 3.05) is 7.11 Å². The van der Waals surface area contributed by atoms with Gasteiger partial charge in [0, 0.05) is 0 Å². The van der Waals surface area contributed by atoms with E-state index in [-0.39, 0.29) is 6.42 Å². The number of nitrogens with one attached hydrogen (secondary N) is 1. The molecule has 0 saturated carbocycles. The molecular weight excluding hydrogens is 386 g/mol. The molecule has 0 aliphatic rings. The number of aliphatic hydroxyl groups excluding tert-OH is 1. The summed E-state index contributed by atoms with van der Waals surface area (Å²) in [6.45, 7) is 5.63. The van der Waals surface area contributed by atoms with E-state index in [4.69, 9.17) is 9.47 Å². The van der Waals surface area contributed by atoms with Crippen molar-refractivity contribution in [1.29, 1.82) is 0 Å². The molecule has 0 aromatic heterocycles. The average Bonchev–Trinajstić information content (AvgIpc) is 2.71. The Balaban J connectivity index is 2.02. The molecule has 1 amide bonds. The zero-order chi connectivity index (χ0) is 22.1. The summed E-state index contributed by atoms with van der Waals surface area (Å²) in [7, 11) is 1.18. The first-order valence-corrected chi connectivity index (χ1v) is 9.69. The van der Waals surface area contributed by atoms with Crippen LogP contribution in [0, 0.1) is 0 Å². The van der Waals surface area contributed by atoms with E-state index in [1.54, 1.807) is 32.9 Å². The fraction of sp³-hybridized carbons (Fsp3) is 0.391. The lowest BCUT2D eigenvalue weighted by atomic mass is 10.0. The van der Waals surface area contributed by atoms with E-state index >= 15 is 0 Å². The van der Waals surface area contributed by atoms with Crippen LogP contribution in [0.4, 0.5) is 4.79 Å². The van der Waals surface area contributed by atoms with Crippen molar-refractivity contribution >= 4 is 12.1 Å². The third kappa shape index (κ3) is 7.75. The quantitative estimate of drug-likeness (QED) is 0.643. The average molecular weight is 415 g/mol. The monoisotopic (exact) mass is 415 g/mol. The molecule has 2 aromatic carbocycles. The molecule has 162 valence electrons. The largest absolute Gasteiger partial charge is 0.489 e. The Morgan fingerprint density at radius 2 is 1.63 bits per heavy atom. The number of esters is 1. The van der Waals surface area contributed by atoms with Crippen molar-refractivity contribution in [3.8, 4) is 5.75 Å². The lowest BCUT2D eigenvalue weighted by Gasteiger charge is -2.25. The highest BCUT2D eigenvalue weighted by atomic mass is 16.6. The molecule has 0 fully saturated rings. The summed E-state index contributed by atoms with van der Waals surface area (Å²) in [4.78, 5) is 23.9. The normalized spacial score (nSPS) is 13.1. The Bertz CT molecular complexity index is 814. The lowest BCUT2D eigenvalue weighted by molar-refractivity contribution is -0.151. The highest BCUT2D eigenvalue weighted by molar-refractivity contribution is 5.77. The summed E-state index contributed by atoms with van der Waals surface area (Å²) in [5.41, 5.74) is 1.15. The third-order valence-electron chi connectivity index (χ3n) is 4.15. The maximum Gasteiger partial charge on any atom is 0.407 e. The van der Waals surface area contributed by atoms with Crippen LogP contribution in [-0.2, 0) is 27.3 Å². The minimum atomic E-state index is -1.53. The van der Waals surface area contributed by atoms with Gasteiger partial charge in [0.1, 0.15) is 18.0 Å². The van der Waals surface area contributed by atoms with E-state index in [1.165, 1.54) is 7.11 Å². The van der Waals surface area contributed by atoms with E-state index in [1.807, 2.05) is 42.5 Å². The van der Waals surface area contributed by atoms with Gasteiger partial charge >= 0.3 is 12.1 Å². The van der Waals surface area contributed by atoms with Crippen LogP contribution in [0.2, 0.25) is 0 Å². The number of hydrogen-bond acceptors (Lipinski definition) is 6. The molecule has 2 rings (SSSR count). The van der Waals surface area contributed by atoms with Gasteiger partial charge in [0.15, 0.2) is 6.10 Å². The van der Waals surface area contributed by atoms with Crippen LogP contribution in [-0.4, -0.2) is 42.0 Å². The number of hydrogen-bond donors (Lipinski definition) is 2. The van der Waals surface area contributed by atoms with E-state index < -0.39 is 29.8 Å². The molecule has 0 aliphatic carbocycles. The van der Waals surface area contributed by atoms with Crippen LogP contribution in [0.3, 0.4) is 0 Å². The lowest BCUT2D eigenvalue weighted by Crippen LogP contribution is -2.49. The van der Waals surface area contributed by atoms with Gasteiger partial charge in [-0.1, -0.05) is 42.5 Å². The second-order valence-corrected chi connectivity index (χ2v) is 7.84. The Labute approximate surface area is 177 Å². The number of ether oxygens (including phenoxy) is 3. The van der Waals surface area contributed by atoms with E-state index in [0.717, 1.165) is 11.1 Å².